The van der Waals surface area contributed by atoms with Crippen LogP contribution in [0.2, 0.25) is 5.02 Å². The first kappa shape index (κ1) is 21.0. The minimum atomic E-state index is -0.334. The third-order valence-electron chi connectivity index (χ3n) is 4.53. The van der Waals surface area contributed by atoms with Gasteiger partial charge in [0.2, 0.25) is 5.91 Å². The number of thioether (sulfide) groups is 1. The number of methoxy groups -OCH3 is 1. The molecule has 0 aliphatic heterocycles. The van der Waals surface area contributed by atoms with Crippen molar-refractivity contribution in [3.63, 3.8) is 0 Å². The van der Waals surface area contributed by atoms with E-state index in [2.05, 4.69) is 20.4 Å². The SMILES string of the molecule is COc1ccccc1-n1ncc2c(=O)[nH]c(SCC(=O)Nc3ccc(C)c(Cl)c3)nc21. The van der Waals surface area contributed by atoms with Gasteiger partial charge in [-0.15, -0.1) is 0 Å². The Morgan fingerprint density at radius 1 is 1.29 bits per heavy atom. The van der Waals surface area contributed by atoms with Gasteiger partial charge in [0.1, 0.15) is 16.8 Å². The Kier molecular flexibility index (Phi) is 5.97. The highest BCUT2D eigenvalue weighted by atomic mass is 35.5. The lowest BCUT2D eigenvalue weighted by Crippen LogP contribution is -2.15. The lowest BCUT2D eigenvalue weighted by molar-refractivity contribution is -0.113. The van der Waals surface area contributed by atoms with Gasteiger partial charge in [-0.1, -0.05) is 41.6 Å². The summed E-state index contributed by atoms with van der Waals surface area (Å²) < 4.78 is 6.93. The van der Waals surface area contributed by atoms with Crippen LogP contribution in [-0.4, -0.2) is 38.5 Å². The van der Waals surface area contributed by atoms with Gasteiger partial charge in [-0.05, 0) is 36.8 Å². The number of hydrogen-bond acceptors (Lipinski definition) is 6. The first-order valence-electron chi connectivity index (χ1n) is 9.26. The van der Waals surface area contributed by atoms with Crippen LogP contribution in [0.5, 0.6) is 5.75 Å². The molecule has 0 radical (unpaired) electrons. The monoisotopic (exact) mass is 455 g/mol. The van der Waals surface area contributed by atoms with E-state index >= 15 is 0 Å². The third kappa shape index (κ3) is 4.42. The summed E-state index contributed by atoms with van der Waals surface area (Å²) in [4.78, 5) is 32.0. The first-order valence-corrected chi connectivity index (χ1v) is 10.6. The first-order chi connectivity index (χ1) is 15.0. The summed E-state index contributed by atoms with van der Waals surface area (Å²) in [6.07, 6.45) is 1.45. The van der Waals surface area contributed by atoms with Crippen LogP contribution in [0.3, 0.4) is 0 Å². The van der Waals surface area contributed by atoms with Crippen LogP contribution in [0.25, 0.3) is 16.7 Å². The molecule has 0 saturated carbocycles. The van der Waals surface area contributed by atoms with Crippen LogP contribution in [0.15, 0.2) is 58.6 Å². The molecule has 2 aromatic heterocycles. The van der Waals surface area contributed by atoms with Gasteiger partial charge < -0.3 is 15.0 Å². The number of anilines is 1. The number of carbonyl (C=O) groups is 1. The fourth-order valence-electron chi connectivity index (χ4n) is 2.95. The van der Waals surface area contributed by atoms with Crippen molar-refractivity contribution in [1.29, 1.82) is 0 Å². The Balaban J connectivity index is 1.56. The second-order valence-electron chi connectivity index (χ2n) is 6.64. The van der Waals surface area contributed by atoms with Gasteiger partial charge in [0.05, 0.1) is 19.1 Å². The predicted molar refractivity (Wildman–Crippen MR) is 122 cm³/mol. The van der Waals surface area contributed by atoms with E-state index in [1.165, 1.54) is 6.20 Å². The number of benzene rings is 2. The summed E-state index contributed by atoms with van der Waals surface area (Å²) in [6, 6.07) is 12.6. The molecule has 0 fully saturated rings. The molecule has 8 nitrogen and oxygen atoms in total. The average molecular weight is 456 g/mol. The van der Waals surface area contributed by atoms with Crippen molar-refractivity contribution in [2.75, 3.05) is 18.2 Å². The maximum Gasteiger partial charge on any atom is 0.262 e. The van der Waals surface area contributed by atoms with Crippen molar-refractivity contribution in [2.45, 2.75) is 12.1 Å². The van der Waals surface area contributed by atoms with Gasteiger partial charge in [0.25, 0.3) is 5.56 Å². The van der Waals surface area contributed by atoms with Gasteiger partial charge in [-0.25, -0.2) is 9.67 Å². The van der Waals surface area contributed by atoms with E-state index < -0.39 is 0 Å². The number of hydrogen-bond donors (Lipinski definition) is 2. The topological polar surface area (TPSA) is 102 Å². The van der Waals surface area contributed by atoms with Crippen LogP contribution in [0, 0.1) is 6.92 Å². The molecule has 0 atom stereocenters. The van der Waals surface area contributed by atoms with Crippen molar-refractivity contribution in [1.82, 2.24) is 19.7 Å². The van der Waals surface area contributed by atoms with E-state index in [4.69, 9.17) is 16.3 Å². The van der Waals surface area contributed by atoms with E-state index in [1.54, 1.807) is 30.0 Å². The van der Waals surface area contributed by atoms with Gasteiger partial charge in [0, 0.05) is 10.7 Å². The summed E-state index contributed by atoms with van der Waals surface area (Å²) in [5.41, 5.74) is 2.23. The number of nitrogens with one attached hydrogen (secondary N) is 2. The molecule has 2 aromatic carbocycles. The van der Waals surface area contributed by atoms with E-state index in [0.717, 1.165) is 17.3 Å². The second-order valence-corrected chi connectivity index (χ2v) is 8.01. The number of fused-ring (bicyclic) bond motifs is 1. The number of nitrogens with zero attached hydrogens (tertiary/aromatic N) is 3. The van der Waals surface area contributed by atoms with Gasteiger partial charge in [-0.2, -0.15) is 5.10 Å². The quantitative estimate of drug-likeness (QED) is 0.338. The smallest absolute Gasteiger partial charge is 0.262 e. The minimum Gasteiger partial charge on any atom is -0.494 e. The number of para-hydroxylation sites is 2. The molecule has 0 saturated heterocycles. The fraction of sp³-hybridized carbons (Fsp3) is 0.143. The molecule has 31 heavy (non-hydrogen) atoms. The molecule has 0 aliphatic rings. The second kappa shape index (κ2) is 8.83. The van der Waals surface area contributed by atoms with Crippen LogP contribution in [0.1, 0.15) is 5.56 Å². The molecule has 4 aromatic rings. The van der Waals surface area contributed by atoms with Crippen LogP contribution in [0.4, 0.5) is 5.69 Å². The number of aryl methyl sites for hydroxylation is 1. The van der Waals surface area contributed by atoms with Crippen molar-refractivity contribution in [3.8, 4) is 11.4 Å². The standard InChI is InChI=1S/C21H18ClN5O3S/c1-12-7-8-13(9-15(12)22)24-18(28)11-31-21-25-19-14(20(29)26-21)10-23-27(19)16-5-3-4-6-17(16)30-2/h3-10H,11H2,1-2H3,(H,24,28)(H,25,26,29). The predicted octanol–water partition coefficient (Wildman–Crippen LogP) is 3.81. The van der Waals surface area contributed by atoms with Crippen LogP contribution in [-0.2, 0) is 4.79 Å². The molecule has 2 heterocycles. The highest BCUT2D eigenvalue weighted by Gasteiger charge is 2.15. The summed E-state index contributed by atoms with van der Waals surface area (Å²) in [5, 5.41) is 8.31. The lowest BCUT2D eigenvalue weighted by Gasteiger charge is -2.09. The molecule has 2 N–H and O–H groups in total. The Labute approximate surface area is 186 Å². The molecule has 0 bridgehead atoms. The van der Waals surface area contributed by atoms with E-state index in [-0.39, 0.29) is 17.2 Å². The summed E-state index contributed by atoms with van der Waals surface area (Å²) >= 11 is 7.21. The minimum absolute atomic E-state index is 0.0583. The largest absolute Gasteiger partial charge is 0.494 e. The number of aromatic nitrogens is 4. The van der Waals surface area contributed by atoms with Crippen molar-refractivity contribution >= 4 is 46.0 Å². The van der Waals surface area contributed by atoms with Crippen LogP contribution < -0.4 is 15.6 Å². The molecule has 0 aliphatic carbocycles. The average Bonchev–Trinajstić information content (AvgIpc) is 3.19. The number of carbonyl (C=O) groups excluding carboxylic acids is 1. The molecular weight excluding hydrogens is 438 g/mol. The summed E-state index contributed by atoms with van der Waals surface area (Å²) in [7, 11) is 1.56. The summed E-state index contributed by atoms with van der Waals surface area (Å²) in [5.74, 6) is 0.411. The maximum absolute atomic E-state index is 12.5. The zero-order chi connectivity index (χ0) is 22.0. The van der Waals surface area contributed by atoms with Crippen molar-refractivity contribution < 1.29 is 9.53 Å². The molecule has 4 rings (SSSR count). The Hall–Kier alpha value is -3.30. The van der Waals surface area contributed by atoms with Crippen LogP contribution >= 0.6 is 23.4 Å². The van der Waals surface area contributed by atoms with Gasteiger partial charge in [0.15, 0.2) is 10.8 Å². The number of H-pyrrole nitrogens is 1. The van der Waals surface area contributed by atoms with Gasteiger partial charge in [-0.3, -0.25) is 9.59 Å². The molecule has 158 valence electrons. The molecule has 0 unspecified atom stereocenters. The number of rotatable bonds is 6. The molecule has 0 spiro atoms. The fourth-order valence-corrected chi connectivity index (χ4v) is 3.79. The molecular formula is C21H18ClN5O3S. The highest BCUT2D eigenvalue weighted by Crippen LogP contribution is 2.25. The highest BCUT2D eigenvalue weighted by molar-refractivity contribution is 7.99. The number of amides is 1. The summed E-state index contributed by atoms with van der Waals surface area (Å²) in [6.45, 7) is 1.89. The number of ether oxygens (including phenoxy) is 1. The van der Waals surface area contributed by atoms with Crippen molar-refractivity contribution in [3.05, 3.63) is 69.6 Å². The molecule has 10 heteroatoms. The Bertz CT molecular complexity index is 1330. The third-order valence-corrected chi connectivity index (χ3v) is 5.81. The Morgan fingerprint density at radius 3 is 2.87 bits per heavy atom. The number of halogens is 1. The normalized spacial score (nSPS) is 10.9. The zero-order valence-electron chi connectivity index (χ0n) is 16.7. The van der Waals surface area contributed by atoms with E-state index in [1.807, 2.05) is 31.2 Å². The lowest BCUT2D eigenvalue weighted by atomic mass is 10.2. The van der Waals surface area contributed by atoms with Gasteiger partial charge >= 0.3 is 0 Å². The van der Waals surface area contributed by atoms with E-state index in [9.17, 15) is 9.59 Å². The maximum atomic E-state index is 12.5. The van der Waals surface area contributed by atoms with E-state index in [0.29, 0.717) is 38.3 Å². The van der Waals surface area contributed by atoms with Crippen molar-refractivity contribution in [2.24, 2.45) is 0 Å². The Morgan fingerprint density at radius 2 is 2.10 bits per heavy atom. The molecule has 1 amide bonds. The zero-order valence-corrected chi connectivity index (χ0v) is 18.3. The number of aromatic amines is 1.